The summed E-state index contributed by atoms with van der Waals surface area (Å²) in [5.74, 6) is 0.823. The van der Waals surface area contributed by atoms with Crippen LogP contribution >= 0.6 is 0 Å². The van der Waals surface area contributed by atoms with Gasteiger partial charge in [-0.05, 0) is 6.07 Å². The molecular formula is C16H16O5. The molecule has 5 nitrogen and oxygen atoms in total. The Morgan fingerprint density at radius 2 is 1.90 bits per heavy atom. The van der Waals surface area contributed by atoms with Gasteiger partial charge in [0.1, 0.15) is 17.6 Å². The van der Waals surface area contributed by atoms with E-state index in [2.05, 4.69) is 0 Å². The highest BCUT2D eigenvalue weighted by atomic mass is 16.6. The first-order chi connectivity index (χ1) is 10.2. The lowest BCUT2D eigenvalue weighted by atomic mass is 9.98. The average Bonchev–Trinajstić information content (AvgIpc) is 2.84. The molecule has 110 valence electrons. The maximum absolute atomic E-state index is 11.4. The van der Waals surface area contributed by atoms with E-state index in [1.807, 2.05) is 24.3 Å². The molecule has 2 atom stereocenters. The maximum atomic E-state index is 11.4. The Hall–Kier alpha value is -2.27. The largest absolute Gasteiger partial charge is 0.496 e. The fraction of sp³-hybridized carbons (Fsp3) is 0.312. The molecule has 2 aromatic carbocycles. The summed E-state index contributed by atoms with van der Waals surface area (Å²) >= 11 is 0. The number of methoxy groups -OCH3 is 2. The number of ether oxygens (including phenoxy) is 3. The molecule has 1 aliphatic heterocycles. The highest BCUT2D eigenvalue weighted by molar-refractivity contribution is 5.95. The number of rotatable bonds is 3. The van der Waals surface area contributed by atoms with Crippen molar-refractivity contribution in [1.82, 2.24) is 0 Å². The van der Waals surface area contributed by atoms with E-state index in [9.17, 15) is 9.90 Å². The molecule has 21 heavy (non-hydrogen) atoms. The van der Waals surface area contributed by atoms with Gasteiger partial charge in [0.05, 0.1) is 20.6 Å². The third-order valence-corrected chi connectivity index (χ3v) is 3.70. The predicted octanol–water partition coefficient (Wildman–Crippen LogP) is 2.21. The molecule has 0 amide bonds. The van der Waals surface area contributed by atoms with Crippen LogP contribution in [-0.2, 0) is 9.53 Å². The first-order valence-electron chi connectivity index (χ1n) is 6.67. The number of hydrogen-bond donors (Lipinski definition) is 1. The van der Waals surface area contributed by atoms with Gasteiger partial charge >= 0.3 is 5.97 Å². The van der Waals surface area contributed by atoms with Gasteiger partial charge < -0.3 is 19.3 Å². The molecule has 1 N–H and O–H groups in total. The van der Waals surface area contributed by atoms with E-state index in [1.165, 1.54) is 0 Å². The summed E-state index contributed by atoms with van der Waals surface area (Å²) in [6, 6.07) is 9.40. The molecule has 0 spiro atoms. The van der Waals surface area contributed by atoms with Gasteiger partial charge in [-0.3, -0.25) is 4.79 Å². The molecule has 3 rings (SSSR count). The van der Waals surface area contributed by atoms with Crippen LogP contribution in [0.4, 0.5) is 0 Å². The van der Waals surface area contributed by atoms with E-state index in [1.54, 1.807) is 20.3 Å². The molecule has 0 unspecified atom stereocenters. The van der Waals surface area contributed by atoms with Crippen LogP contribution in [0.5, 0.6) is 11.5 Å². The van der Waals surface area contributed by atoms with E-state index in [0.717, 1.165) is 10.8 Å². The molecule has 0 aliphatic carbocycles. The second-order valence-electron chi connectivity index (χ2n) is 4.93. The SMILES string of the molecule is COc1cc([C@@H]2OC(=O)C[C@@H]2O)c(OC)c2ccccc12. The number of cyclic esters (lactones) is 1. The van der Waals surface area contributed by atoms with E-state index < -0.39 is 18.2 Å². The van der Waals surface area contributed by atoms with Gasteiger partial charge in [-0.2, -0.15) is 0 Å². The van der Waals surface area contributed by atoms with Crippen LogP contribution in [0.3, 0.4) is 0 Å². The summed E-state index contributed by atoms with van der Waals surface area (Å²) in [6.07, 6.45) is -1.62. The zero-order valence-electron chi connectivity index (χ0n) is 11.8. The molecule has 0 aromatic heterocycles. The minimum Gasteiger partial charge on any atom is -0.496 e. The molecular weight excluding hydrogens is 272 g/mol. The normalized spacial score (nSPS) is 21.4. The fourth-order valence-corrected chi connectivity index (χ4v) is 2.76. The fourth-order valence-electron chi connectivity index (χ4n) is 2.76. The summed E-state index contributed by atoms with van der Waals surface area (Å²) in [6.45, 7) is 0. The van der Waals surface area contributed by atoms with E-state index in [0.29, 0.717) is 17.1 Å². The van der Waals surface area contributed by atoms with Gasteiger partial charge in [-0.25, -0.2) is 0 Å². The molecule has 1 saturated heterocycles. The minimum atomic E-state index is -0.878. The summed E-state index contributed by atoms with van der Waals surface area (Å²) < 4.78 is 16.1. The number of benzene rings is 2. The van der Waals surface area contributed by atoms with Gasteiger partial charge in [0.25, 0.3) is 0 Å². The first-order valence-corrected chi connectivity index (χ1v) is 6.67. The number of aliphatic hydroxyl groups is 1. The molecule has 0 radical (unpaired) electrons. The van der Waals surface area contributed by atoms with Crippen molar-refractivity contribution in [3.63, 3.8) is 0 Å². The summed E-state index contributed by atoms with van der Waals surface area (Å²) in [5.41, 5.74) is 0.617. The second kappa shape index (κ2) is 5.26. The number of fused-ring (bicyclic) bond motifs is 1. The van der Waals surface area contributed by atoms with Crippen LogP contribution in [0.1, 0.15) is 18.1 Å². The zero-order valence-corrected chi connectivity index (χ0v) is 11.8. The standard InChI is InChI=1S/C16H16O5/c1-19-13-7-11(16-12(17)8-14(18)21-16)15(20-2)10-6-4-3-5-9(10)13/h3-7,12,16-17H,8H2,1-2H3/t12-,16-/m0/s1. The number of esters is 1. The molecule has 1 fully saturated rings. The van der Waals surface area contributed by atoms with Gasteiger partial charge in [-0.15, -0.1) is 0 Å². The Morgan fingerprint density at radius 3 is 2.48 bits per heavy atom. The van der Waals surface area contributed by atoms with Gasteiger partial charge in [0.2, 0.25) is 0 Å². The first kappa shape index (κ1) is 13.7. The maximum Gasteiger partial charge on any atom is 0.309 e. The molecule has 0 saturated carbocycles. The quantitative estimate of drug-likeness (QED) is 0.877. The lowest BCUT2D eigenvalue weighted by molar-refractivity contribution is -0.142. The third kappa shape index (κ3) is 2.19. The summed E-state index contributed by atoms with van der Waals surface area (Å²) in [5, 5.41) is 11.8. The van der Waals surface area contributed by atoms with E-state index in [4.69, 9.17) is 14.2 Å². The van der Waals surface area contributed by atoms with Crippen LogP contribution in [0.25, 0.3) is 10.8 Å². The van der Waals surface area contributed by atoms with Crippen molar-refractivity contribution in [3.05, 3.63) is 35.9 Å². The van der Waals surface area contributed by atoms with Crippen LogP contribution in [0.15, 0.2) is 30.3 Å². The van der Waals surface area contributed by atoms with Gasteiger partial charge in [0.15, 0.2) is 6.10 Å². The van der Waals surface area contributed by atoms with Crippen LogP contribution in [0, 0.1) is 0 Å². The third-order valence-electron chi connectivity index (χ3n) is 3.70. The summed E-state index contributed by atoms with van der Waals surface area (Å²) in [7, 11) is 3.13. The van der Waals surface area contributed by atoms with Crippen molar-refractivity contribution < 1.29 is 24.1 Å². The van der Waals surface area contributed by atoms with Crippen molar-refractivity contribution in [3.8, 4) is 11.5 Å². The zero-order chi connectivity index (χ0) is 15.0. The van der Waals surface area contributed by atoms with Gasteiger partial charge in [-0.1, -0.05) is 24.3 Å². The topological polar surface area (TPSA) is 65.0 Å². The Balaban J connectivity index is 2.24. The van der Waals surface area contributed by atoms with Crippen LogP contribution in [0.2, 0.25) is 0 Å². The lowest BCUT2D eigenvalue weighted by Gasteiger charge is -2.20. The predicted molar refractivity (Wildman–Crippen MR) is 76.5 cm³/mol. The number of carbonyl (C=O) groups is 1. The molecule has 2 aromatic rings. The average molecular weight is 288 g/mol. The van der Waals surface area contributed by atoms with Crippen molar-refractivity contribution in [2.45, 2.75) is 18.6 Å². The smallest absolute Gasteiger partial charge is 0.309 e. The summed E-state index contributed by atoms with van der Waals surface area (Å²) in [4.78, 5) is 11.4. The minimum absolute atomic E-state index is 0.0109. The van der Waals surface area contributed by atoms with E-state index in [-0.39, 0.29) is 6.42 Å². The second-order valence-corrected chi connectivity index (χ2v) is 4.93. The highest BCUT2D eigenvalue weighted by Gasteiger charge is 2.37. The monoisotopic (exact) mass is 288 g/mol. The number of carbonyl (C=O) groups excluding carboxylic acids is 1. The van der Waals surface area contributed by atoms with Crippen LogP contribution < -0.4 is 9.47 Å². The molecule has 0 bridgehead atoms. The van der Waals surface area contributed by atoms with Crippen LogP contribution in [-0.4, -0.2) is 31.4 Å². The van der Waals surface area contributed by atoms with Crippen molar-refractivity contribution in [1.29, 1.82) is 0 Å². The molecule has 1 heterocycles. The number of aliphatic hydroxyl groups excluding tert-OH is 1. The van der Waals surface area contributed by atoms with Crippen molar-refractivity contribution in [2.75, 3.05) is 14.2 Å². The Kier molecular flexibility index (Phi) is 3.43. The Morgan fingerprint density at radius 1 is 1.19 bits per heavy atom. The van der Waals surface area contributed by atoms with E-state index >= 15 is 0 Å². The van der Waals surface area contributed by atoms with Gasteiger partial charge in [0, 0.05) is 16.3 Å². The molecule has 1 aliphatic rings. The highest BCUT2D eigenvalue weighted by Crippen LogP contribution is 2.43. The van der Waals surface area contributed by atoms with Crippen molar-refractivity contribution >= 4 is 16.7 Å². The Labute approximate surface area is 122 Å². The van der Waals surface area contributed by atoms with Crippen molar-refractivity contribution in [2.24, 2.45) is 0 Å². The number of hydrogen-bond acceptors (Lipinski definition) is 5. The Bertz CT molecular complexity index is 694. The lowest BCUT2D eigenvalue weighted by Crippen LogP contribution is -2.13. The molecule has 5 heteroatoms.